The van der Waals surface area contributed by atoms with Crippen LogP contribution in [0.5, 0.6) is 5.75 Å². The molecule has 220 valence electrons. The number of nitrogens with zero attached hydrogens (tertiary/aromatic N) is 2. The lowest BCUT2D eigenvalue weighted by Crippen LogP contribution is -2.52. The fourth-order valence-corrected chi connectivity index (χ4v) is 5.73. The first-order chi connectivity index (χ1) is 19.5. The topological polar surface area (TPSA) is 96.0 Å². The minimum atomic E-state index is -4.21. The molecule has 3 aromatic rings. The molecule has 0 aliphatic carbocycles. The third kappa shape index (κ3) is 8.38. The van der Waals surface area contributed by atoms with Crippen molar-refractivity contribution in [3.8, 4) is 5.75 Å². The van der Waals surface area contributed by atoms with Crippen molar-refractivity contribution in [2.24, 2.45) is 0 Å². The van der Waals surface area contributed by atoms with Crippen LogP contribution < -0.4 is 14.4 Å². The minimum absolute atomic E-state index is 0.00566. The molecule has 0 bridgehead atoms. The number of sulfonamides is 1. The van der Waals surface area contributed by atoms with E-state index in [-0.39, 0.29) is 29.1 Å². The van der Waals surface area contributed by atoms with E-state index in [1.165, 1.54) is 29.2 Å². The van der Waals surface area contributed by atoms with Gasteiger partial charge in [-0.3, -0.25) is 13.9 Å². The van der Waals surface area contributed by atoms with Gasteiger partial charge in [-0.25, -0.2) is 8.42 Å². The Labute approximate surface area is 252 Å². The van der Waals surface area contributed by atoms with E-state index < -0.39 is 28.5 Å². The fourth-order valence-electron chi connectivity index (χ4n) is 4.00. The number of anilines is 1. The predicted octanol–water partition coefficient (Wildman–Crippen LogP) is 5.92. The van der Waals surface area contributed by atoms with Gasteiger partial charge in [0, 0.05) is 22.6 Å². The molecule has 0 aliphatic heterocycles. The van der Waals surface area contributed by atoms with Crippen LogP contribution in [0.1, 0.15) is 39.7 Å². The second-order valence-electron chi connectivity index (χ2n) is 9.50. The summed E-state index contributed by atoms with van der Waals surface area (Å²) >= 11 is 12.4. The van der Waals surface area contributed by atoms with Crippen LogP contribution >= 0.6 is 23.2 Å². The Morgan fingerprint density at radius 1 is 0.927 bits per heavy atom. The van der Waals surface area contributed by atoms with Gasteiger partial charge in [-0.2, -0.15) is 0 Å². The van der Waals surface area contributed by atoms with Crippen LogP contribution in [0.2, 0.25) is 10.0 Å². The number of hydrogen-bond acceptors (Lipinski definition) is 5. The maximum atomic E-state index is 14.0. The second-order valence-corrected chi connectivity index (χ2v) is 12.2. The summed E-state index contributed by atoms with van der Waals surface area (Å²) in [6.45, 7) is 7.15. The van der Waals surface area contributed by atoms with Gasteiger partial charge < -0.3 is 15.0 Å². The van der Waals surface area contributed by atoms with Gasteiger partial charge in [0.15, 0.2) is 0 Å². The molecule has 0 saturated heterocycles. The average Bonchev–Trinajstić information content (AvgIpc) is 2.95. The summed E-state index contributed by atoms with van der Waals surface area (Å²) in [5, 5.41) is 3.71. The summed E-state index contributed by atoms with van der Waals surface area (Å²) < 4.78 is 34.3. The highest BCUT2D eigenvalue weighted by Gasteiger charge is 2.33. The predicted molar refractivity (Wildman–Crippen MR) is 163 cm³/mol. The van der Waals surface area contributed by atoms with E-state index in [1.807, 2.05) is 20.8 Å². The molecule has 1 N–H and O–H groups in total. The summed E-state index contributed by atoms with van der Waals surface area (Å²) in [7, 11) is -4.21. The molecule has 0 aliphatic rings. The van der Waals surface area contributed by atoms with Gasteiger partial charge in [-0.15, -0.1) is 0 Å². The van der Waals surface area contributed by atoms with E-state index in [4.69, 9.17) is 27.9 Å². The molecule has 41 heavy (non-hydrogen) atoms. The highest BCUT2D eigenvalue weighted by Crippen LogP contribution is 2.28. The molecule has 0 fully saturated rings. The van der Waals surface area contributed by atoms with Crippen molar-refractivity contribution in [2.75, 3.05) is 17.5 Å². The van der Waals surface area contributed by atoms with Crippen LogP contribution in [-0.4, -0.2) is 50.4 Å². The van der Waals surface area contributed by atoms with E-state index in [1.54, 1.807) is 55.5 Å². The van der Waals surface area contributed by atoms with Gasteiger partial charge in [0.25, 0.3) is 10.0 Å². The van der Waals surface area contributed by atoms with Gasteiger partial charge in [0.1, 0.15) is 18.3 Å². The van der Waals surface area contributed by atoms with Crippen molar-refractivity contribution in [1.82, 2.24) is 10.2 Å². The Balaban J connectivity index is 2.04. The molecule has 0 radical (unpaired) electrons. The SMILES string of the molecule is CCOc1ccc(N(CC(=O)N(Cc2ccccc2Cl)[C@H](C)C(=O)N[C@@H](C)CC)S(=O)(=O)c2ccc(Cl)cc2)cc1. The molecule has 0 spiro atoms. The van der Waals surface area contributed by atoms with Crippen molar-refractivity contribution in [1.29, 1.82) is 0 Å². The van der Waals surface area contributed by atoms with Crippen molar-refractivity contribution in [2.45, 2.75) is 57.6 Å². The Bertz CT molecular complexity index is 1430. The highest BCUT2D eigenvalue weighted by atomic mass is 35.5. The Morgan fingerprint density at radius 2 is 1.56 bits per heavy atom. The van der Waals surface area contributed by atoms with Crippen LogP contribution in [0, 0.1) is 0 Å². The van der Waals surface area contributed by atoms with E-state index >= 15 is 0 Å². The molecular weight excluding hydrogens is 585 g/mol. The Kier molecular flexibility index (Phi) is 11.5. The summed E-state index contributed by atoms with van der Waals surface area (Å²) in [6.07, 6.45) is 0.710. The third-order valence-electron chi connectivity index (χ3n) is 6.58. The number of halogens is 2. The smallest absolute Gasteiger partial charge is 0.264 e. The monoisotopic (exact) mass is 619 g/mol. The zero-order valence-corrected chi connectivity index (χ0v) is 25.8. The third-order valence-corrected chi connectivity index (χ3v) is 8.99. The van der Waals surface area contributed by atoms with Gasteiger partial charge >= 0.3 is 0 Å². The lowest BCUT2D eigenvalue weighted by atomic mass is 10.1. The summed E-state index contributed by atoms with van der Waals surface area (Å²) in [4.78, 5) is 28.4. The van der Waals surface area contributed by atoms with Crippen molar-refractivity contribution in [3.63, 3.8) is 0 Å². The molecule has 0 unspecified atom stereocenters. The molecule has 8 nitrogen and oxygen atoms in total. The fraction of sp³-hybridized carbons (Fsp3) is 0.333. The quantitative estimate of drug-likeness (QED) is 0.256. The molecule has 3 aromatic carbocycles. The zero-order valence-electron chi connectivity index (χ0n) is 23.5. The van der Waals surface area contributed by atoms with Crippen molar-refractivity contribution >= 4 is 50.7 Å². The molecule has 0 heterocycles. The summed E-state index contributed by atoms with van der Waals surface area (Å²) in [5.74, 6) is -0.377. The molecule has 0 saturated carbocycles. The largest absolute Gasteiger partial charge is 0.494 e. The second kappa shape index (κ2) is 14.6. The van der Waals surface area contributed by atoms with Crippen molar-refractivity contribution < 1.29 is 22.7 Å². The molecule has 3 rings (SSSR count). The number of carbonyl (C=O) groups excluding carboxylic acids is 2. The van der Waals surface area contributed by atoms with E-state index in [0.717, 1.165) is 4.31 Å². The number of ether oxygens (including phenoxy) is 1. The average molecular weight is 621 g/mol. The minimum Gasteiger partial charge on any atom is -0.494 e. The first-order valence-electron chi connectivity index (χ1n) is 13.3. The van der Waals surface area contributed by atoms with Crippen LogP contribution in [0.25, 0.3) is 0 Å². The molecular formula is C30H35Cl2N3O5S. The first kappa shape index (κ1) is 32.2. The maximum Gasteiger partial charge on any atom is 0.264 e. The van der Waals surface area contributed by atoms with Crippen molar-refractivity contribution in [3.05, 3.63) is 88.4 Å². The zero-order chi connectivity index (χ0) is 30.2. The summed E-state index contributed by atoms with van der Waals surface area (Å²) in [5.41, 5.74) is 0.880. The number of benzene rings is 3. The van der Waals surface area contributed by atoms with E-state index in [9.17, 15) is 18.0 Å². The van der Waals surface area contributed by atoms with Gasteiger partial charge in [-0.1, -0.05) is 48.3 Å². The lowest BCUT2D eigenvalue weighted by Gasteiger charge is -2.32. The molecule has 2 amide bonds. The van der Waals surface area contributed by atoms with Crippen LogP contribution in [0.3, 0.4) is 0 Å². The standard InChI is InChI=1S/C30H35Cl2N3O5S/c1-5-21(3)33-30(37)22(4)34(19-23-9-7-8-10-28(23)32)29(36)20-35(25-13-15-26(16-14-25)40-6-2)41(38,39)27-17-11-24(31)12-18-27/h7-18,21-22H,5-6,19-20H2,1-4H3,(H,33,37)/t21-,22+/m0/s1. The summed E-state index contributed by atoms with van der Waals surface area (Å²) in [6, 6.07) is 18.1. The van der Waals surface area contributed by atoms with E-state index in [2.05, 4.69) is 5.32 Å². The lowest BCUT2D eigenvalue weighted by molar-refractivity contribution is -0.139. The highest BCUT2D eigenvalue weighted by molar-refractivity contribution is 7.92. The first-order valence-corrected chi connectivity index (χ1v) is 15.5. The van der Waals surface area contributed by atoms with Gasteiger partial charge in [0.05, 0.1) is 17.2 Å². The molecule has 11 heteroatoms. The maximum absolute atomic E-state index is 14.0. The Hall–Kier alpha value is -3.27. The number of nitrogens with one attached hydrogen (secondary N) is 1. The van der Waals surface area contributed by atoms with Gasteiger partial charge in [-0.05, 0) is 87.4 Å². The number of hydrogen-bond donors (Lipinski definition) is 1. The van der Waals surface area contributed by atoms with E-state index in [0.29, 0.717) is 34.4 Å². The normalized spacial score (nSPS) is 12.7. The number of amides is 2. The van der Waals surface area contributed by atoms with Gasteiger partial charge in [0.2, 0.25) is 11.8 Å². The van der Waals surface area contributed by atoms with Crippen LogP contribution in [0.4, 0.5) is 5.69 Å². The van der Waals surface area contributed by atoms with Crippen LogP contribution in [0.15, 0.2) is 77.7 Å². The van der Waals surface area contributed by atoms with Crippen LogP contribution in [-0.2, 0) is 26.2 Å². The number of rotatable bonds is 13. The Morgan fingerprint density at radius 3 is 2.15 bits per heavy atom. The molecule has 0 aromatic heterocycles. The molecule has 2 atom stereocenters. The number of carbonyl (C=O) groups is 2.